The molecule has 0 aromatic heterocycles. The number of nitrogens with zero attached hydrogens (tertiary/aromatic N) is 2. The summed E-state index contributed by atoms with van der Waals surface area (Å²) in [6.07, 6.45) is 0.755. The molecule has 1 heterocycles. The number of piperidine rings is 1. The summed E-state index contributed by atoms with van der Waals surface area (Å²) in [5, 5.41) is 9.18. The molecule has 0 bridgehead atoms. The van der Waals surface area contributed by atoms with E-state index in [0.29, 0.717) is 25.8 Å². The minimum Gasteiger partial charge on any atom is -0.481 e. The lowest BCUT2D eigenvalue weighted by molar-refractivity contribution is -0.137. The molecule has 2 aromatic rings. The zero-order valence-electron chi connectivity index (χ0n) is 22.7. The van der Waals surface area contributed by atoms with E-state index in [2.05, 4.69) is 24.3 Å². The van der Waals surface area contributed by atoms with Gasteiger partial charge in [-0.25, -0.2) is 9.59 Å². The third-order valence-electron chi connectivity index (χ3n) is 7.34. The number of rotatable bonds is 7. The van der Waals surface area contributed by atoms with Crippen LogP contribution in [-0.4, -0.2) is 70.4 Å². The lowest BCUT2D eigenvalue weighted by Gasteiger charge is -2.44. The lowest BCUT2D eigenvalue weighted by Crippen LogP contribution is -2.58. The topological polar surface area (TPSA) is 96.4 Å². The monoisotopic (exact) mass is 522 g/mol. The van der Waals surface area contributed by atoms with E-state index < -0.39 is 23.8 Å². The molecule has 0 saturated carbocycles. The zero-order chi connectivity index (χ0) is 27.4. The van der Waals surface area contributed by atoms with Gasteiger partial charge in [-0.15, -0.1) is 0 Å². The fraction of sp³-hybridized carbons (Fsp3) is 0.500. The average Bonchev–Trinajstić information content (AvgIpc) is 3.18. The minimum absolute atomic E-state index is 0.0516. The molecule has 2 unspecified atom stereocenters. The first-order valence-corrected chi connectivity index (χ1v) is 13.4. The number of likely N-dealkylation sites (tertiary alicyclic amines) is 1. The number of hydrogen-bond acceptors (Lipinski definition) is 5. The first-order chi connectivity index (χ1) is 18.1. The Labute approximate surface area is 224 Å². The number of hydrogen-bond donors (Lipinski definition) is 1. The number of ether oxygens (including phenoxy) is 2. The Balaban J connectivity index is 1.51. The molecule has 2 aliphatic rings. The second-order valence-corrected chi connectivity index (χ2v) is 11.1. The second kappa shape index (κ2) is 11.5. The van der Waals surface area contributed by atoms with Gasteiger partial charge in [0.05, 0.1) is 12.1 Å². The zero-order valence-corrected chi connectivity index (χ0v) is 22.7. The van der Waals surface area contributed by atoms with Crippen molar-refractivity contribution < 1.29 is 29.0 Å². The molecule has 2 atom stereocenters. The Kier molecular flexibility index (Phi) is 8.29. The predicted octanol–water partition coefficient (Wildman–Crippen LogP) is 5.89. The van der Waals surface area contributed by atoms with E-state index in [0.717, 1.165) is 22.3 Å². The lowest BCUT2D eigenvalue weighted by atomic mass is 9.96. The first kappa shape index (κ1) is 27.5. The molecule has 1 aliphatic carbocycles. The fourth-order valence-corrected chi connectivity index (χ4v) is 5.59. The van der Waals surface area contributed by atoms with Crippen molar-refractivity contribution in [3.05, 3.63) is 59.7 Å². The molecule has 4 rings (SSSR count). The molecule has 1 aliphatic heterocycles. The van der Waals surface area contributed by atoms with E-state index >= 15 is 0 Å². The molecule has 2 aromatic carbocycles. The Morgan fingerprint density at radius 2 is 1.63 bits per heavy atom. The Hall–Kier alpha value is -3.55. The van der Waals surface area contributed by atoms with Crippen LogP contribution in [0.4, 0.5) is 9.59 Å². The summed E-state index contributed by atoms with van der Waals surface area (Å²) in [6, 6.07) is 15.7. The molecule has 1 saturated heterocycles. The van der Waals surface area contributed by atoms with Crippen molar-refractivity contribution in [1.29, 1.82) is 0 Å². The molecule has 38 heavy (non-hydrogen) atoms. The Morgan fingerprint density at radius 1 is 1.03 bits per heavy atom. The highest BCUT2D eigenvalue weighted by Gasteiger charge is 2.39. The number of carbonyl (C=O) groups is 3. The van der Waals surface area contributed by atoms with E-state index in [1.54, 1.807) is 9.80 Å². The van der Waals surface area contributed by atoms with Gasteiger partial charge in [0.25, 0.3) is 0 Å². The Bertz CT molecular complexity index is 1130. The number of aliphatic carboxylic acids is 1. The number of carboxylic acids is 1. The third kappa shape index (κ3) is 6.11. The molecule has 8 nitrogen and oxygen atoms in total. The fourth-order valence-electron chi connectivity index (χ4n) is 5.59. The van der Waals surface area contributed by atoms with Gasteiger partial charge in [0.2, 0.25) is 0 Å². The smallest absolute Gasteiger partial charge is 0.410 e. The van der Waals surface area contributed by atoms with Crippen LogP contribution in [-0.2, 0) is 14.3 Å². The molecular formula is C30H38N2O6. The van der Waals surface area contributed by atoms with Crippen LogP contribution >= 0.6 is 0 Å². The van der Waals surface area contributed by atoms with Gasteiger partial charge in [-0.1, -0.05) is 48.5 Å². The van der Waals surface area contributed by atoms with E-state index in [9.17, 15) is 19.5 Å². The molecule has 1 N–H and O–H groups in total. The van der Waals surface area contributed by atoms with Crippen LogP contribution in [0.3, 0.4) is 0 Å². The van der Waals surface area contributed by atoms with Crippen molar-refractivity contribution in [2.75, 3.05) is 19.7 Å². The number of amides is 2. The van der Waals surface area contributed by atoms with Crippen LogP contribution in [0.15, 0.2) is 48.5 Å². The van der Waals surface area contributed by atoms with Crippen LogP contribution in [0.1, 0.15) is 70.4 Å². The number of carboxylic acid groups (broad SMARTS) is 1. The van der Waals surface area contributed by atoms with Crippen molar-refractivity contribution in [3.8, 4) is 11.1 Å². The van der Waals surface area contributed by atoms with Crippen LogP contribution in [0.2, 0.25) is 0 Å². The predicted molar refractivity (Wildman–Crippen MR) is 144 cm³/mol. The normalized spacial score (nSPS) is 18.9. The maximum atomic E-state index is 13.6. The van der Waals surface area contributed by atoms with Crippen LogP contribution in [0.25, 0.3) is 11.1 Å². The molecular weight excluding hydrogens is 484 g/mol. The van der Waals surface area contributed by atoms with Gasteiger partial charge < -0.3 is 24.4 Å². The van der Waals surface area contributed by atoms with E-state index in [1.807, 2.05) is 52.0 Å². The maximum Gasteiger partial charge on any atom is 0.410 e. The summed E-state index contributed by atoms with van der Waals surface area (Å²) in [6.45, 7) is 8.35. The molecule has 0 radical (unpaired) electrons. The van der Waals surface area contributed by atoms with Gasteiger partial charge in [-0.2, -0.15) is 0 Å². The first-order valence-electron chi connectivity index (χ1n) is 13.4. The summed E-state index contributed by atoms with van der Waals surface area (Å²) < 4.78 is 11.5. The summed E-state index contributed by atoms with van der Waals surface area (Å²) in [4.78, 5) is 40.9. The highest BCUT2D eigenvalue weighted by Crippen LogP contribution is 2.44. The highest BCUT2D eigenvalue weighted by molar-refractivity contribution is 5.79. The SMILES string of the molecule is CC1C(N(CCCC(=O)O)C(=O)OCC2c3ccccc3-c3ccccc32)CCCN1C(=O)OC(C)(C)C. The molecule has 8 heteroatoms. The molecule has 204 valence electrons. The van der Waals surface area contributed by atoms with Gasteiger partial charge in [0.15, 0.2) is 0 Å². The van der Waals surface area contributed by atoms with E-state index in [4.69, 9.17) is 9.47 Å². The second-order valence-electron chi connectivity index (χ2n) is 11.1. The molecule has 2 amide bonds. The maximum absolute atomic E-state index is 13.6. The van der Waals surface area contributed by atoms with Crippen LogP contribution < -0.4 is 0 Å². The third-order valence-corrected chi connectivity index (χ3v) is 7.34. The van der Waals surface area contributed by atoms with Crippen LogP contribution in [0.5, 0.6) is 0 Å². The quantitative estimate of drug-likeness (QED) is 0.487. The average molecular weight is 523 g/mol. The van der Waals surface area contributed by atoms with E-state index in [-0.39, 0.29) is 37.6 Å². The van der Waals surface area contributed by atoms with E-state index in [1.165, 1.54) is 0 Å². The van der Waals surface area contributed by atoms with Gasteiger partial charge in [-0.05, 0) is 69.2 Å². The summed E-state index contributed by atoms with van der Waals surface area (Å²) in [5.74, 6) is -0.987. The van der Waals surface area contributed by atoms with Gasteiger partial charge in [0.1, 0.15) is 12.2 Å². The van der Waals surface area contributed by atoms with Crippen molar-refractivity contribution in [1.82, 2.24) is 9.80 Å². The number of benzene rings is 2. The standard InChI is InChI=1S/C30H38N2O6/c1-20-26(15-9-17-31(20)29(36)38-30(2,3)4)32(18-10-16-27(33)34)28(35)37-19-25-23-13-7-5-11-21(23)22-12-6-8-14-24(22)25/h5-8,11-14,20,25-26H,9-10,15-19H2,1-4H3,(H,33,34). The summed E-state index contributed by atoms with van der Waals surface area (Å²) in [7, 11) is 0. The van der Waals surface area contributed by atoms with Gasteiger partial charge in [-0.3, -0.25) is 4.79 Å². The molecule has 1 fully saturated rings. The molecule has 0 spiro atoms. The highest BCUT2D eigenvalue weighted by atomic mass is 16.6. The van der Waals surface area contributed by atoms with Crippen molar-refractivity contribution in [3.63, 3.8) is 0 Å². The van der Waals surface area contributed by atoms with Crippen LogP contribution in [0, 0.1) is 0 Å². The minimum atomic E-state index is -0.912. The summed E-state index contributed by atoms with van der Waals surface area (Å²) in [5.41, 5.74) is 3.92. The summed E-state index contributed by atoms with van der Waals surface area (Å²) >= 11 is 0. The van der Waals surface area contributed by atoms with Crippen molar-refractivity contribution in [2.45, 2.75) is 77.0 Å². The van der Waals surface area contributed by atoms with Gasteiger partial charge >= 0.3 is 18.2 Å². The van der Waals surface area contributed by atoms with Gasteiger partial charge in [0, 0.05) is 25.4 Å². The Morgan fingerprint density at radius 3 is 2.21 bits per heavy atom. The number of carbonyl (C=O) groups excluding carboxylic acids is 2. The number of fused-ring (bicyclic) bond motifs is 3. The van der Waals surface area contributed by atoms with Crippen molar-refractivity contribution in [2.24, 2.45) is 0 Å². The van der Waals surface area contributed by atoms with Crippen molar-refractivity contribution >= 4 is 18.2 Å². The largest absolute Gasteiger partial charge is 0.481 e.